The number of nitrogens with two attached hydrogens (primary N) is 1. The number of carbonyl (C=O) groups is 3. The Morgan fingerprint density at radius 1 is 1.04 bits per heavy atom. The lowest BCUT2D eigenvalue weighted by molar-refractivity contribution is 0.0486. The van der Waals surface area contributed by atoms with Crippen LogP contribution < -0.4 is 5.73 Å². The zero-order valence-corrected chi connectivity index (χ0v) is 14.7. The Labute approximate surface area is 155 Å². The zero-order valence-electron chi connectivity index (χ0n) is 13.9. The van der Waals surface area contributed by atoms with Crippen LogP contribution in [-0.4, -0.2) is 35.8 Å². The van der Waals surface area contributed by atoms with Crippen molar-refractivity contribution in [3.8, 4) is 0 Å². The minimum Gasteiger partial charge on any atom is -0.462 e. The minimum absolute atomic E-state index is 0.171. The number of halogens is 1. The fourth-order valence-electron chi connectivity index (χ4n) is 2.78. The van der Waals surface area contributed by atoms with Crippen LogP contribution in [0.4, 0.5) is 5.69 Å². The fourth-order valence-corrected chi connectivity index (χ4v) is 2.96. The van der Waals surface area contributed by atoms with Crippen molar-refractivity contribution in [1.82, 2.24) is 4.90 Å². The number of ether oxygens (including phenoxy) is 1. The van der Waals surface area contributed by atoms with E-state index < -0.39 is 5.97 Å². The van der Waals surface area contributed by atoms with E-state index in [4.69, 9.17) is 22.1 Å². The first-order valence-corrected chi connectivity index (χ1v) is 8.54. The predicted molar refractivity (Wildman–Crippen MR) is 97.2 cm³/mol. The molecule has 6 nitrogen and oxygen atoms in total. The van der Waals surface area contributed by atoms with E-state index in [-0.39, 0.29) is 36.2 Å². The molecule has 0 saturated heterocycles. The molecule has 0 saturated carbocycles. The summed E-state index contributed by atoms with van der Waals surface area (Å²) in [5, 5.41) is 0.444. The molecule has 2 amide bonds. The van der Waals surface area contributed by atoms with E-state index in [1.54, 1.807) is 30.3 Å². The fraction of sp³-hybridized carbons (Fsp3) is 0.211. The molecule has 0 radical (unpaired) electrons. The third kappa shape index (κ3) is 3.55. The van der Waals surface area contributed by atoms with Crippen molar-refractivity contribution in [2.75, 3.05) is 18.9 Å². The molecule has 2 aromatic rings. The monoisotopic (exact) mass is 372 g/mol. The average molecular weight is 373 g/mol. The van der Waals surface area contributed by atoms with E-state index in [0.717, 1.165) is 0 Å². The van der Waals surface area contributed by atoms with Crippen LogP contribution in [0.1, 0.15) is 43.9 Å². The van der Waals surface area contributed by atoms with Gasteiger partial charge in [0.15, 0.2) is 0 Å². The van der Waals surface area contributed by atoms with Gasteiger partial charge in [0, 0.05) is 17.3 Å². The summed E-state index contributed by atoms with van der Waals surface area (Å²) in [5.41, 5.74) is 7.12. The lowest BCUT2D eigenvalue weighted by atomic mass is 10.1. The molecule has 0 aromatic heterocycles. The third-order valence-electron chi connectivity index (χ3n) is 4.12. The van der Waals surface area contributed by atoms with Crippen molar-refractivity contribution in [1.29, 1.82) is 0 Å². The van der Waals surface area contributed by atoms with E-state index >= 15 is 0 Å². The molecule has 0 unspecified atom stereocenters. The van der Waals surface area contributed by atoms with Gasteiger partial charge in [-0.15, -0.1) is 0 Å². The number of esters is 1. The molecular formula is C19H17ClN2O4. The van der Waals surface area contributed by atoms with Crippen molar-refractivity contribution in [3.05, 3.63) is 64.2 Å². The second-order valence-corrected chi connectivity index (χ2v) is 6.32. The number of nitrogen functional groups attached to an aromatic ring is 1. The SMILES string of the molecule is Nc1cc(Cl)ccc1C(=O)OCCCCN1C(=O)c2ccccc2C1=O. The summed E-state index contributed by atoms with van der Waals surface area (Å²) in [6.07, 6.45) is 1.06. The summed E-state index contributed by atoms with van der Waals surface area (Å²) in [6.45, 7) is 0.455. The third-order valence-corrected chi connectivity index (χ3v) is 4.36. The topological polar surface area (TPSA) is 89.7 Å². The van der Waals surface area contributed by atoms with Gasteiger partial charge in [0.1, 0.15) is 0 Å². The number of benzene rings is 2. The van der Waals surface area contributed by atoms with Gasteiger partial charge in [-0.2, -0.15) is 0 Å². The van der Waals surface area contributed by atoms with Crippen molar-refractivity contribution >= 4 is 35.1 Å². The van der Waals surface area contributed by atoms with Gasteiger partial charge in [-0.05, 0) is 43.2 Å². The number of hydrogen-bond donors (Lipinski definition) is 1. The highest BCUT2D eigenvalue weighted by Crippen LogP contribution is 2.23. The molecule has 3 rings (SSSR count). The van der Waals surface area contributed by atoms with Crippen LogP contribution in [0.25, 0.3) is 0 Å². The zero-order chi connectivity index (χ0) is 18.7. The highest BCUT2D eigenvalue weighted by molar-refractivity contribution is 6.31. The molecular weight excluding hydrogens is 356 g/mol. The normalized spacial score (nSPS) is 13.0. The molecule has 7 heteroatoms. The summed E-state index contributed by atoms with van der Waals surface area (Å²) in [5.74, 6) is -1.09. The Morgan fingerprint density at radius 3 is 2.31 bits per heavy atom. The molecule has 1 heterocycles. The first kappa shape index (κ1) is 17.9. The molecule has 1 aliphatic heterocycles. The van der Waals surface area contributed by atoms with Gasteiger partial charge in [-0.3, -0.25) is 14.5 Å². The first-order valence-electron chi connectivity index (χ1n) is 8.16. The van der Waals surface area contributed by atoms with E-state index in [1.807, 2.05) is 0 Å². The Bertz CT molecular complexity index is 847. The molecule has 2 N–H and O–H groups in total. The van der Waals surface area contributed by atoms with Gasteiger partial charge < -0.3 is 10.5 Å². The summed E-state index contributed by atoms with van der Waals surface area (Å²) >= 11 is 5.79. The molecule has 0 atom stereocenters. The highest BCUT2D eigenvalue weighted by Gasteiger charge is 2.34. The van der Waals surface area contributed by atoms with Gasteiger partial charge >= 0.3 is 5.97 Å². The second-order valence-electron chi connectivity index (χ2n) is 5.88. The van der Waals surface area contributed by atoms with Crippen molar-refractivity contribution in [3.63, 3.8) is 0 Å². The minimum atomic E-state index is -0.528. The van der Waals surface area contributed by atoms with Crippen LogP contribution in [0, 0.1) is 0 Å². The number of unbranched alkanes of at least 4 members (excludes halogenated alkanes) is 1. The molecule has 134 valence electrons. The Kier molecular flexibility index (Phi) is 5.23. The molecule has 2 aromatic carbocycles. The smallest absolute Gasteiger partial charge is 0.340 e. The number of fused-ring (bicyclic) bond motifs is 1. The molecule has 0 bridgehead atoms. The first-order chi connectivity index (χ1) is 12.5. The number of rotatable bonds is 6. The van der Waals surface area contributed by atoms with Crippen LogP contribution in [0.2, 0.25) is 5.02 Å². The van der Waals surface area contributed by atoms with E-state index in [1.165, 1.54) is 17.0 Å². The van der Waals surface area contributed by atoms with E-state index in [9.17, 15) is 14.4 Å². The van der Waals surface area contributed by atoms with Gasteiger partial charge in [-0.1, -0.05) is 23.7 Å². The number of nitrogens with zero attached hydrogens (tertiary/aromatic N) is 1. The standard InChI is InChI=1S/C19H17ClN2O4/c20-12-7-8-15(16(21)11-12)19(25)26-10-4-3-9-22-17(23)13-5-1-2-6-14(13)18(22)24/h1-2,5-8,11H,3-4,9-10,21H2. The summed E-state index contributed by atoms with van der Waals surface area (Å²) in [6, 6.07) is 11.3. The number of carbonyl (C=O) groups excluding carboxylic acids is 3. The number of imide groups is 1. The number of hydrogen-bond acceptors (Lipinski definition) is 5. The molecule has 0 aliphatic carbocycles. The number of amides is 2. The van der Waals surface area contributed by atoms with Crippen LogP contribution in [0.15, 0.2) is 42.5 Å². The lowest BCUT2D eigenvalue weighted by Gasteiger charge is -2.13. The van der Waals surface area contributed by atoms with Gasteiger partial charge in [0.25, 0.3) is 11.8 Å². The highest BCUT2D eigenvalue weighted by atomic mass is 35.5. The van der Waals surface area contributed by atoms with Crippen LogP contribution in [0.5, 0.6) is 0 Å². The van der Waals surface area contributed by atoms with Crippen molar-refractivity contribution in [2.45, 2.75) is 12.8 Å². The van der Waals surface area contributed by atoms with Gasteiger partial charge in [-0.25, -0.2) is 4.79 Å². The van der Waals surface area contributed by atoms with Crippen molar-refractivity contribution < 1.29 is 19.1 Å². The average Bonchev–Trinajstić information content (AvgIpc) is 2.86. The largest absolute Gasteiger partial charge is 0.462 e. The summed E-state index contributed by atoms with van der Waals surface area (Å²) in [7, 11) is 0. The molecule has 0 fully saturated rings. The van der Waals surface area contributed by atoms with E-state index in [2.05, 4.69) is 0 Å². The lowest BCUT2D eigenvalue weighted by Crippen LogP contribution is -2.30. The molecule has 0 spiro atoms. The van der Waals surface area contributed by atoms with Crippen LogP contribution in [-0.2, 0) is 4.74 Å². The van der Waals surface area contributed by atoms with Gasteiger partial charge in [0.05, 0.1) is 23.3 Å². The summed E-state index contributed by atoms with van der Waals surface area (Å²) < 4.78 is 5.18. The van der Waals surface area contributed by atoms with Gasteiger partial charge in [0.2, 0.25) is 0 Å². The summed E-state index contributed by atoms with van der Waals surface area (Å²) in [4.78, 5) is 37.7. The second kappa shape index (κ2) is 7.58. The van der Waals surface area contributed by atoms with Crippen LogP contribution in [0.3, 0.4) is 0 Å². The molecule has 26 heavy (non-hydrogen) atoms. The van der Waals surface area contributed by atoms with Crippen molar-refractivity contribution in [2.24, 2.45) is 0 Å². The maximum Gasteiger partial charge on any atom is 0.340 e. The molecule has 1 aliphatic rings. The number of anilines is 1. The van der Waals surface area contributed by atoms with E-state index in [0.29, 0.717) is 29.0 Å². The Morgan fingerprint density at radius 2 is 1.69 bits per heavy atom. The maximum atomic E-state index is 12.2. The Balaban J connectivity index is 1.46. The quantitative estimate of drug-likeness (QED) is 0.364. The maximum absolute atomic E-state index is 12.2. The predicted octanol–water partition coefficient (Wildman–Crippen LogP) is 3.16. The Hall–Kier alpha value is -2.86. The van der Waals surface area contributed by atoms with Crippen LogP contribution >= 0.6 is 11.6 Å².